The summed E-state index contributed by atoms with van der Waals surface area (Å²) in [5, 5.41) is 3.36. The van der Waals surface area contributed by atoms with E-state index >= 15 is 0 Å². The number of hydrogen-bond acceptors (Lipinski definition) is 6. The molecule has 0 radical (unpaired) electrons. The fourth-order valence-corrected chi connectivity index (χ4v) is 3.18. The van der Waals surface area contributed by atoms with E-state index < -0.39 is 22.4 Å². The van der Waals surface area contributed by atoms with Crippen molar-refractivity contribution in [3.63, 3.8) is 0 Å². The highest BCUT2D eigenvalue weighted by Gasteiger charge is 2.14. The van der Waals surface area contributed by atoms with Crippen LogP contribution in [0.5, 0.6) is 0 Å². The lowest BCUT2D eigenvalue weighted by molar-refractivity contribution is 0.1000. The van der Waals surface area contributed by atoms with E-state index in [9.17, 15) is 17.6 Å². The number of rotatable bonds is 5. The van der Waals surface area contributed by atoms with Crippen LogP contribution < -0.4 is 11.1 Å². The van der Waals surface area contributed by atoms with Crippen molar-refractivity contribution in [2.45, 2.75) is 5.75 Å². The zero-order chi connectivity index (χ0) is 18.8. The van der Waals surface area contributed by atoms with Crippen LogP contribution in [0.25, 0.3) is 10.9 Å². The van der Waals surface area contributed by atoms with E-state index in [1.165, 1.54) is 36.7 Å². The molecule has 3 aromatic rings. The molecule has 1 heterocycles. The molecule has 0 saturated carbocycles. The summed E-state index contributed by atoms with van der Waals surface area (Å²) in [5.41, 5.74) is 6.59. The van der Waals surface area contributed by atoms with Gasteiger partial charge in [-0.15, -0.1) is 0 Å². The highest BCUT2D eigenvalue weighted by Crippen LogP contribution is 2.28. The molecule has 26 heavy (non-hydrogen) atoms. The van der Waals surface area contributed by atoms with Crippen molar-refractivity contribution in [3.8, 4) is 0 Å². The Morgan fingerprint density at radius 3 is 2.65 bits per heavy atom. The number of halogens is 2. The number of aromatic nitrogens is 2. The average molecular weight is 395 g/mol. The number of hydrogen-bond donors (Lipinski definition) is 3. The number of anilines is 2. The number of primary amides is 1. The van der Waals surface area contributed by atoms with Gasteiger partial charge < -0.3 is 11.1 Å². The number of amides is 1. The third kappa shape index (κ3) is 3.73. The lowest BCUT2D eigenvalue weighted by atomic mass is 10.0. The Morgan fingerprint density at radius 1 is 1.23 bits per heavy atom. The lowest BCUT2D eigenvalue weighted by Crippen LogP contribution is -2.14. The van der Waals surface area contributed by atoms with Gasteiger partial charge in [0.25, 0.3) is 0 Å². The van der Waals surface area contributed by atoms with Crippen molar-refractivity contribution in [1.29, 1.82) is 0 Å². The predicted molar refractivity (Wildman–Crippen MR) is 96.8 cm³/mol. The van der Waals surface area contributed by atoms with E-state index in [2.05, 4.69) is 15.3 Å². The summed E-state index contributed by atoms with van der Waals surface area (Å²) in [4.78, 5) is 19.9. The zero-order valence-electron chi connectivity index (χ0n) is 13.1. The van der Waals surface area contributed by atoms with Gasteiger partial charge in [0, 0.05) is 16.6 Å². The molecule has 0 atom stereocenters. The molecule has 3 N–H and O–H groups in total. The minimum Gasteiger partial charge on any atom is -0.366 e. The van der Waals surface area contributed by atoms with Gasteiger partial charge in [0.05, 0.1) is 16.3 Å². The minimum atomic E-state index is -2.74. The first-order valence-corrected chi connectivity index (χ1v) is 9.00. The molecule has 7 nitrogen and oxygen atoms in total. The fraction of sp³-hybridized carbons (Fsp3) is 0.0625. The van der Waals surface area contributed by atoms with Gasteiger partial charge in [0.2, 0.25) is 5.91 Å². The molecule has 0 aliphatic carbocycles. The second-order valence-corrected chi connectivity index (χ2v) is 6.75. The summed E-state index contributed by atoms with van der Waals surface area (Å²) in [6.07, 6.45) is 1.28. The molecule has 3 rings (SSSR count). The Hall–Kier alpha value is -2.78. The van der Waals surface area contributed by atoms with Gasteiger partial charge in [0.1, 0.15) is 28.7 Å². The SMILES string of the molecule is NC(=O)c1cc2c(Nc3ccc(F)c(Cl)c3)ncnc2cc1C[SH](=O)=O. The van der Waals surface area contributed by atoms with Gasteiger partial charge in [-0.1, -0.05) is 11.6 Å². The number of nitrogens with two attached hydrogens (primary N) is 1. The summed E-state index contributed by atoms with van der Waals surface area (Å²) in [6, 6.07) is 6.97. The highest BCUT2D eigenvalue weighted by molar-refractivity contribution is 7.71. The van der Waals surface area contributed by atoms with Crippen LogP contribution in [0.1, 0.15) is 15.9 Å². The number of nitrogens with one attached hydrogen (secondary N) is 1. The van der Waals surface area contributed by atoms with Crippen LogP contribution in [0.3, 0.4) is 0 Å². The average Bonchev–Trinajstić information content (AvgIpc) is 2.57. The quantitative estimate of drug-likeness (QED) is 0.572. The Morgan fingerprint density at radius 2 is 2.00 bits per heavy atom. The van der Waals surface area contributed by atoms with Crippen LogP contribution in [-0.4, -0.2) is 24.3 Å². The normalized spacial score (nSPS) is 11.0. The van der Waals surface area contributed by atoms with Crippen molar-refractivity contribution in [2.75, 3.05) is 5.32 Å². The molecule has 2 aromatic carbocycles. The van der Waals surface area contributed by atoms with Crippen LogP contribution in [0.15, 0.2) is 36.7 Å². The molecule has 0 saturated heterocycles. The van der Waals surface area contributed by atoms with E-state index in [-0.39, 0.29) is 21.9 Å². The maximum atomic E-state index is 13.3. The maximum Gasteiger partial charge on any atom is 0.249 e. The zero-order valence-corrected chi connectivity index (χ0v) is 14.7. The molecule has 0 bridgehead atoms. The maximum absolute atomic E-state index is 13.3. The fourth-order valence-electron chi connectivity index (χ4n) is 2.46. The molecular formula is C16H12ClFN4O3S. The first kappa shape index (κ1) is 18.0. The summed E-state index contributed by atoms with van der Waals surface area (Å²) in [5.74, 6) is -1.32. The van der Waals surface area contributed by atoms with Crippen molar-refractivity contribution >= 4 is 50.6 Å². The van der Waals surface area contributed by atoms with E-state index in [1.54, 1.807) is 0 Å². The Kier molecular flexibility index (Phi) is 5.01. The monoisotopic (exact) mass is 394 g/mol. The summed E-state index contributed by atoms with van der Waals surface area (Å²) in [6.45, 7) is 0. The third-order valence-electron chi connectivity index (χ3n) is 3.61. The van der Waals surface area contributed by atoms with Gasteiger partial charge in [-0.3, -0.25) is 4.79 Å². The number of carbonyl (C=O) groups excluding carboxylic acids is 1. The molecule has 1 aromatic heterocycles. The largest absolute Gasteiger partial charge is 0.366 e. The van der Waals surface area contributed by atoms with Crippen molar-refractivity contribution in [1.82, 2.24) is 9.97 Å². The van der Waals surface area contributed by atoms with Crippen LogP contribution in [0.2, 0.25) is 5.02 Å². The molecule has 134 valence electrons. The second kappa shape index (κ2) is 7.22. The number of carbonyl (C=O) groups is 1. The van der Waals surface area contributed by atoms with Gasteiger partial charge >= 0.3 is 0 Å². The van der Waals surface area contributed by atoms with Crippen LogP contribution in [-0.2, 0) is 16.5 Å². The molecule has 10 heteroatoms. The van der Waals surface area contributed by atoms with E-state index in [0.717, 1.165) is 0 Å². The van der Waals surface area contributed by atoms with Gasteiger partial charge in [-0.25, -0.2) is 22.8 Å². The number of nitrogens with zero attached hydrogens (tertiary/aromatic N) is 2. The Bertz CT molecular complexity index is 1100. The minimum absolute atomic E-state index is 0.0617. The Labute approximate surface area is 154 Å². The van der Waals surface area contributed by atoms with Crippen LogP contribution in [0.4, 0.5) is 15.9 Å². The van der Waals surface area contributed by atoms with Crippen molar-refractivity contribution in [2.24, 2.45) is 5.73 Å². The van der Waals surface area contributed by atoms with Crippen molar-refractivity contribution < 1.29 is 17.6 Å². The molecule has 0 spiro atoms. The first-order chi connectivity index (χ1) is 12.3. The third-order valence-corrected chi connectivity index (χ3v) is 4.50. The van der Waals surface area contributed by atoms with Crippen LogP contribution in [0, 0.1) is 5.82 Å². The molecule has 1 amide bonds. The molecule has 0 aliphatic heterocycles. The molecule has 0 unspecified atom stereocenters. The molecular weight excluding hydrogens is 383 g/mol. The summed E-state index contributed by atoms with van der Waals surface area (Å²) in [7, 11) is -2.74. The van der Waals surface area contributed by atoms with Gasteiger partial charge in [-0.2, -0.15) is 0 Å². The first-order valence-electron chi connectivity index (χ1n) is 7.26. The Balaban J connectivity index is 2.12. The predicted octanol–water partition coefficient (Wildman–Crippen LogP) is 2.38. The highest BCUT2D eigenvalue weighted by atomic mass is 35.5. The summed E-state index contributed by atoms with van der Waals surface area (Å²) < 4.78 is 35.4. The smallest absolute Gasteiger partial charge is 0.249 e. The van der Waals surface area contributed by atoms with Crippen LogP contribution >= 0.6 is 11.6 Å². The topological polar surface area (TPSA) is 115 Å². The van der Waals surface area contributed by atoms with Gasteiger partial charge in [-0.05, 0) is 35.9 Å². The summed E-state index contributed by atoms with van der Waals surface area (Å²) >= 11 is 5.77. The number of benzene rings is 2. The lowest BCUT2D eigenvalue weighted by Gasteiger charge is -2.11. The van der Waals surface area contributed by atoms with E-state index in [4.69, 9.17) is 17.3 Å². The molecule has 0 fully saturated rings. The standard InChI is InChI=1S/C16H12ClFN4O3S/c17-12-4-9(1-2-13(12)18)22-16-11-5-10(15(19)23)8(6-26(24)25)3-14(11)20-7-21-16/h1-5,7,26H,6H2,(H2,19,23)(H,20,21,22). The van der Waals surface area contributed by atoms with Gasteiger partial charge in [0.15, 0.2) is 0 Å². The van der Waals surface area contributed by atoms with E-state index in [1.807, 2.05) is 0 Å². The number of fused-ring (bicyclic) bond motifs is 1. The molecule has 0 aliphatic rings. The number of thiol groups is 1. The van der Waals surface area contributed by atoms with E-state index in [0.29, 0.717) is 22.4 Å². The van der Waals surface area contributed by atoms with Crippen molar-refractivity contribution in [3.05, 3.63) is 58.6 Å². The second-order valence-electron chi connectivity index (χ2n) is 5.36.